The number of carbonyl (C=O) groups is 2. The van der Waals surface area contributed by atoms with Crippen LogP contribution in [0.25, 0.3) is 11.0 Å². The fourth-order valence-electron chi connectivity index (χ4n) is 3.61. The smallest absolute Gasteiger partial charge is 0.254 e. The zero-order chi connectivity index (χ0) is 22.2. The molecule has 1 aromatic carbocycles. The largest absolute Gasteiger partial charge is 0.332 e. The summed E-state index contributed by atoms with van der Waals surface area (Å²) in [6, 6.07) is 7.67. The standard InChI is InChI=1S/C23H29N5O2/c1-13(2)18-11-17(20-16(5)26-28(7)22(20)24-18)23(30)27(6)12-19(29)25-21-14(3)9-8-10-15(21)4/h8-11,13H,12H2,1-7H3,(H,25,29). The van der Waals surface area contributed by atoms with Crippen molar-refractivity contribution >= 4 is 28.5 Å². The van der Waals surface area contributed by atoms with E-state index in [0.717, 1.165) is 33.6 Å². The lowest BCUT2D eigenvalue weighted by Gasteiger charge is -2.19. The van der Waals surface area contributed by atoms with E-state index in [9.17, 15) is 9.59 Å². The van der Waals surface area contributed by atoms with Gasteiger partial charge in [0.1, 0.15) is 0 Å². The second-order valence-electron chi connectivity index (χ2n) is 8.13. The molecule has 0 atom stereocenters. The number of carbonyl (C=O) groups excluding carboxylic acids is 2. The number of rotatable bonds is 5. The molecule has 0 aliphatic carbocycles. The molecule has 0 radical (unpaired) electrons. The van der Waals surface area contributed by atoms with Gasteiger partial charge in [-0.15, -0.1) is 0 Å². The molecule has 0 saturated carbocycles. The second kappa shape index (κ2) is 8.26. The molecule has 0 unspecified atom stereocenters. The minimum Gasteiger partial charge on any atom is -0.332 e. The number of nitrogens with one attached hydrogen (secondary N) is 1. The first-order chi connectivity index (χ1) is 14.1. The molecule has 2 amide bonds. The normalized spacial score (nSPS) is 11.2. The summed E-state index contributed by atoms with van der Waals surface area (Å²) in [5.74, 6) is -0.300. The monoisotopic (exact) mass is 407 g/mol. The minimum atomic E-state index is -0.236. The Morgan fingerprint density at radius 3 is 2.40 bits per heavy atom. The molecule has 7 nitrogen and oxygen atoms in total. The summed E-state index contributed by atoms with van der Waals surface area (Å²) in [6.45, 7) is 9.78. The molecule has 0 fully saturated rings. The maximum absolute atomic E-state index is 13.3. The van der Waals surface area contributed by atoms with Gasteiger partial charge >= 0.3 is 0 Å². The molecule has 2 aromatic heterocycles. The van der Waals surface area contributed by atoms with E-state index in [4.69, 9.17) is 0 Å². The summed E-state index contributed by atoms with van der Waals surface area (Å²) in [5, 5.41) is 8.10. The van der Waals surface area contributed by atoms with Gasteiger partial charge in [0, 0.05) is 25.5 Å². The molecule has 3 rings (SSSR count). The lowest BCUT2D eigenvalue weighted by Crippen LogP contribution is -2.35. The van der Waals surface area contributed by atoms with E-state index in [1.165, 1.54) is 4.90 Å². The Hall–Kier alpha value is -3.22. The van der Waals surface area contributed by atoms with E-state index in [1.807, 2.05) is 65.9 Å². The van der Waals surface area contributed by atoms with Gasteiger partial charge in [-0.05, 0) is 43.9 Å². The van der Waals surface area contributed by atoms with Crippen molar-refractivity contribution in [1.29, 1.82) is 0 Å². The van der Waals surface area contributed by atoms with Crippen molar-refractivity contribution in [2.24, 2.45) is 7.05 Å². The molecule has 0 aliphatic heterocycles. The lowest BCUT2D eigenvalue weighted by atomic mass is 10.0. The molecule has 3 aromatic rings. The Bertz CT molecular complexity index is 1110. The van der Waals surface area contributed by atoms with Crippen LogP contribution in [0.4, 0.5) is 5.69 Å². The third kappa shape index (κ3) is 4.06. The van der Waals surface area contributed by atoms with Crippen molar-refractivity contribution in [2.45, 2.75) is 40.5 Å². The van der Waals surface area contributed by atoms with Gasteiger partial charge in [-0.25, -0.2) is 4.98 Å². The van der Waals surface area contributed by atoms with E-state index in [-0.39, 0.29) is 24.3 Å². The number of amides is 2. The van der Waals surface area contributed by atoms with E-state index < -0.39 is 0 Å². The molecule has 7 heteroatoms. The first-order valence-electron chi connectivity index (χ1n) is 10.1. The number of para-hydroxylation sites is 1. The van der Waals surface area contributed by atoms with Crippen molar-refractivity contribution in [2.75, 3.05) is 18.9 Å². The van der Waals surface area contributed by atoms with Crippen LogP contribution in [0.15, 0.2) is 24.3 Å². The summed E-state index contributed by atoms with van der Waals surface area (Å²) < 4.78 is 1.70. The highest BCUT2D eigenvalue weighted by atomic mass is 16.2. The molecule has 2 heterocycles. The van der Waals surface area contributed by atoms with Crippen LogP contribution < -0.4 is 5.32 Å². The summed E-state index contributed by atoms with van der Waals surface area (Å²) in [4.78, 5) is 32.1. The topological polar surface area (TPSA) is 80.1 Å². The Morgan fingerprint density at radius 2 is 1.80 bits per heavy atom. The van der Waals surface area contributed by atoms with Crippen LogP contribution in [-0.2, 0) is 11.8 Å². The first kappa shape index (κ1) is 21.5. The maximum atomic E-state index is 13.3. The van der Waals surface area contributed by atoms with Crippen LogP contribution in [0.2, 0.25) is 0 Å². The van der Waals surface area contributed by atoms with Crippen molar-refractivity contribution in [3.05, 3.63) is 52.3 Å². The van der Waals surface area contributed by atoms with Gasteiger partial charge in [0.25, 0.3) is 5.91 Å². The van der Waals surface area contributed by atoms with Crippen LogP contribution >= 0.6 is 0 Å². The Labute approximate surface area is 177 Å². The highest BCUT2D eigenvalue weighted by Crippen LogP contribution is 2.26. The third-order valence-corrected chi connectivity index (χ3v) is 5.28. The van der Waals surface area contributed by atoms with Crippen molar-refractivity contribution in [3.8, 4) is 0 Å². The molecular weight excluding hydrogens is 378 g/mol. The van der Waals surface area contributed by atoms with Gasteiger partial charge in [-0.3, -0.25) is 14.3 Å². The van der Waals surface area contributed by atoms with Crippen molar-refractivity contribution in [1.82, 2.24) is 19.7 Å². The quantitative estimate of drug-likeness (QED) is 0.699. The number of aryl methyl sites for hydroxylation is 4. The van der Waals surface area contributed by atoms with Gasteiger partial charge < -0.3 is 10.2 Å². The minimum absolute atomic E-state index is 0.0489. The molecule has 158 valence electrons. The van der Waals surface area contributed by atoms with E-state index in [1.54, 1.807) is 11.7 Å². The highest BCUT2D eigenvalue weighted by molar-refractivity contribution is 6.08. The zero-order valence-corrected chi connectivity index (χ0v) is 18.7. The van der Waals surface area contributed by atoms with Crippen molar-refractivity contribution in [3.63, 3.8) is 0 Å². The zero-order valence-electron chi connectivity index (χ0n) is 18.7. The molecule has 30 heavy (non-hydrogen) atoms. The summed E-state index contributed by atoms with van der Waals surface area (Å²) in [5.41, 5.74) is 5.53. The number of benzene rings is 1. The molecule has 0 bridgehead atoms. The van der Waals surface area contributed by atoms with E-state index >= 15 is 0 Å². The van der Waals surface area contributed by atoms with Gasteiger partial charge in [0.05, 0.1) is 23.2 Å². The average Bonchev–Trinajstić information content (AvgIpc) is 2.97. The Kier molecular flexibility index (Phi) is 5.92. The Morgan fingerprint density at radius 1 is 1.17 bits per heavy atom. The number of anilines is 1. The van der Waals surface area contributed by atoms with Gasteiger partial charge in [0.15, 0.2) is 5.65 Å². The molecule has 0 spiro atoms. The van der Waals surface area contributed by atoms with Crippen molar-refractivity contribution < 1.29 is 9.59 Å². The summed E-state index contributed by atoms with van der Waals surface area (Å²) in [6.07, 6.45) is 0. The summed E-state index contributed by atoms with van der Waals surface area (Å²) in [7, 11) is 3.46. The predicted octanol–water partition coefficient (Wildman–Crippen LogP) is 3.73. The summed E-state index contributed by atoms with van der Waals surface area (Å²) >= 11 is 0. The number of hydrogen-bond donors (Lipinski definition) is 1. The number of aromatic nitrogens is 3. The Balaban J connectivity index is 1.89. The van der Waals surface area contributed by atoms with E-state index in [2.05, 4.69) is 15.4 Å². The number of likely N-dealkylation sites (N-methyl/N-ethyl adjacent to an activating group) is 1. The fraction of sp³-hybridized carbons (Fsp3) is 0.391. The third-order valence-electron chi connectivity index (χ3n) is 5.28. The molecule has 0 saturated heterocycles. The maximum Gasteiger partial charge on any atom is 0.254 e. The SMILES string of the molecule is Cc1cccc(C)c1NC(=O)CN(C)C(=O)c1cc(C(C)C)nc2c1c(C)nn2C. The fourth-order valence-corrected chi connectivity index (χ4v) is 3.61. The highest BCUT2D eigenvalue weighted by Gasteiger charge is 2.23. The number of pyridine rings is 1. The van der Waals surface area contributed by atoms with Crippen LogP contribution in [-0.4, -0.2) is 45.1 Å². The van der Waals surface area contributed by atoms with Gasteiger partial charge in [-0.2, -0.15) is 5.10 Å². The predicted molar refractivity (Wildman–Crippen MR) is 119 cm³/mol. The van der Waals surface area contributed by atoms with Gasteiger partial charge in [0.2, 0.25) is 5.91 Å². The van der Waals surface area contributed by atoms with Crippen LogP contribution in [0, 0.1) is 20.8 Å². The molecular formula is C23H29N5O2. The lowest BCUT2D eigenvalue weighted by molar-refractivity contribution is -0.116. The number of fused-ring (bicyclic) bond motifs is 1. The molecule has 0 aliphatic rings. The first-order valence-corrected chi connectivity index (χ1v) is 10.1. The number of hydrogen-bond acceptors (Lipinski definition) is 4. The van der Waals surface area contributed by atoms with E-state index in [0.29, 0.717) is 11.2 Å². The van der Waals surface area contributed by atoms with Crippen LogP contribution in [0.5, 0.6) is 0 Å². The molecule has 1 N–H and O–H groups in total. The average molecular weight is 408 g/mol. The van der Waals surface area contributed by atoms with Crippen LogP contribution in [0.3, 0.4) is 0 Å². The van der Waals surface area contributed by atoms with Gasteiger partial charge in [-0.1, -0.05) is 32.0 Å². The second-order valence-corrected chi connectivity index (χ2v) is 8.13. The van der Waals surface area contributed by atoms with Crippen LogP contribution in [0.1, 0.15) is 52.6 Å². The number of nitrogens with zero attached hydrogens (tertiary/aromatic N) is 4.